The van der Waals surface area contributed by atoms with E-state index in [0.717, 1.165) is 7.11 Å². The third-order valence-electron chi connectivity index (χ3n) is 2.65. The van der Waals surface area contributed by atoms with Gasteiger partial charge in [0.1, 0.15) is 0 Å². The fourth-order valence-electron chi connectivity index (χ4n) is 1.81. The third-order valence-corrected chi connectivity index (χ3v) is 2.65. The largest absolute Gasteiger partial charge is 0.467 e. The van der Waals surface area contributed by atoms with Gasteiger partial charge in [0.25, 0.3) is 0 Å². The highest BCUT2D eigenvalue weighted by Crippen LogP contribution is 2.31. The summed E-state index contributed by atoms with van der Waals surface area (Å²) in [7, 11) is 1.10. The fraction of sp³-hybridized carbons (Fsp3) is 0.875. The molecule has 0 aromatic rings. The number of aliphatic hydroxyl groups is 3. The Morgan fingerprint density at radius 2 is 2.19 bits per heavy atom. The molecule has 0 bridgehead atoms. The van der Waals surface area contributed by atoms with E-state index in [-0.39, 0.29) is 12.8 Å². The summed E-state index contributed by atoms with van der Waals surface area (Å²) in [6.07, 6.45) is -3.26. The predicted octanol–water partition coefficient (Wildman–Crippen LogP) is -0.915. The number of hydrogen-bond donors (Lipinski definition) is 3. The molecular formula is C8H13N3O5. The molecule has 1 rings (SSSR count). The van der Waals surface area contributed by atoms with Crippen LogP contribution in [0.15, 0.2) is 5.11 Å². The lowest BCUT2D eigenvalue weighted by Gasteiger charge is -2.38. The van der Waals surface area contributed by atoms with E-state index in [0.29, 0.717) is 0 Å². The van der Waals surface area contributed by atoms with E-state index in [2.05, 4.69) is 14.8 Å². The third kappa shape index (κ3) is 2.25. The quantitative estimate of drug-likeness (QED) is 0.244. The molecule has 4 atom stereocenters. The van der Waals surface area contributed by atoms with Crippen LogP contribution in [0.2, 0.25) is 0 Å². The molecule has 1 aliphatic carbocycles. The average Bonchev–Trinajstić information content (AvgIpc) is 2.24. The van der Waals surface area contributed by atoms with Crippen LogP contribution < -0.4 is 0 Å². The van der Waals surface area contributed by atoms with Crippen LogP contribution in [0.5, 0.6) is 0 Å². The highest BCUT2D eigenvalue weighted by atomic mass is 16.5. The number of aliphatic hydroxyl groups excluding tert-OH is 2. The van der Waals surface area contributed by atoms with Crippen molar-refractivity contribution in [2.24, 2.45) is 5.11 Å². The van der Waals surface area contributed by atoms with Crippen molar-refractivity contribution in [1.29, 1.82) is 0 Å². The van der Waals surface area contributed by atoms with Crippen molar-refractivity contribution in [3.05, 3.63) is 10.4 Å². The van der Waals surface area contributed by atoms with Crippen LogP contribution in [0.25, 0.3) is 10.4 Å². The SMILES string of the molecule is COC(=O)[C@@]1(O)C[C@@H](O)[C@@H](O)[C@@H](N=[N+]=[N-])C1. The smallest absolute Gasteiger partial charge is 0.337 e. The Labute approximate surface area is 91.1 Å². The molecule has 0 amide bonds. The van der Waals surface area contributed by atoms with Gasteiger partial charge in [0.05, 0.1) is 25.4 Å². The van der Waals surface area contributed by atoms with Crippen LogP contribution in [0.4, 0.5) is 0 Å². The average molecular weight is 231 g/mol. The van der Waals surface area contributed by atoms with Crippen LogP contribution >= 0.6 is 0 Å². The van der Waals surface area contributed by atoms with Gasteiger partial charge in [-0.2, -0.15) is 0 Å². The van der Waals surface area contributed by atoms with Crippen LogP contribution in [0, 0.1) is 0 Å². The Balaban J connectivity index is 2.93. The van der Waals surface area contributed by atoms with Gasteiger partial charge < -0.3 is 20.1 Å². The first-order valence-corrected chi connectivity index (χ1v) is 4.65. The van der Waals surface area contributed by atoms with E-state index >= 15 is 0 Å². The van der Waals surface area contributed by atoms with Gasteiger partial charge >= 0.3 is 5.97 Å². The molecule has 8 heteroatoms. The zero-order valence-corrected chi connectivity index (χ0v) is 8.65. The van der Waals surface area contributed by atoms with Crippen molar-refractivity contribution in [1.82, 2.24) is 0 Å². The Hall–Kier alpha value is -1.34. The van der Waals surface area contributed by atoms with E-state index in [9.17, 15) is 20.1 Å². The molecule has 0 heterocycles. The molecular weight excluding hydrogens is 218 g/mol. The van der Waals surface area contributed by atoms with Crippen molar-refractivity contribution in [3.8, 4) is 0 Å². The van der Waals surface area contributed by atoms with Crippen LogP contribution in [-0.2, 0) is 9.53 Å². The zero-order valence-electron chi connectivity index (χ0n) is 8.65. The second-order valence-electron chi connectivity index (χ2n) is 3.76. The Morgan fingerprint density at radius 3 is 2.69 bits per heavy atom. The number of methoxy groups -OCH3 is 1. The molecule has 16 heavy (non-hydrogen) atoms. The van der Waals surface area contributed by atoms with E-state index in [1.54, 1.807) is 0 Å². The number of esters is 1. The van der Waals surface area contributed by atoms with Crippen LogP contribution in [0.1, 0.15) is 12.8 Å². The number of hydrogen-bond acceptors (Lipinski definition) is 6. The normalized spacial score (nSPS) is 38.6. The molecule has 0 saturated heterocycles. The number of carbonyl (C=O) groups excluding carboxylic acids is 1. The number of nitrogens with zero attached hydrogens (tertiary/aromatic N) is 3. The lowest BCUT2D eigenvalue weighted by molar-refractivity contribution is -0.177. The highest BCUT2D eigenvalue weighted by molar-refractivity contribution is 5.79. The van der Waals surface area contributed by atoms with Crippen LogP contribution in [-0.4, -0.2) is 52.2 Å². The summed E-state index contributed by atoms with van der Waals surface area (Å²) in [5, 5.41) is 32.1. The Bertz CT molecular complexity index is 330. The molecule has 8 nitrogen and oxygen atoms in total. The summed E-state index contributed by atoms with van der Waals surface area (Å²) in [5.74, 6) is -0.920. The maximum Gasteiger partial charge on any atom is 0.337 e. The van der Waals surface area contributed by atoms with E-state index in [1.807, 2.05) is 0 Å². The zero-order chi connectivity index (χ0) is 12.3. The number of rotatable bonds is 2. The van der Waals surface area contributed by atoms with Gasteiger partial charge in [-0.15, -0.1) is 0 Å². The summed E-state index contributed by atoms with van der Waals surface area (Å²) in [4.78, 5) is 13.8. The predicted molar refractivity (Wildman–Crippen MR) is 51.1 cm³/mol. The summed E-state index contributed by atoms with van der Waals surface area (Å²) in [6.45, 7) is 0. The summed E-state index contributed by atoms with van der Waals surface area (Å²) in [6, 6.07) is -1.06. The highest BCUT2D eigenvalue weighted by Gasteiger charge is 2.49. The van der Waals surface area contributed by atoms with Crippen LogP contribution in [0.3, 0.4) is 0 Å². The molecule has 0 radical (unpaired) electrons. The van der Waals surface area contributed by atoms with Gasteiger partial charge in [0.15, 0.2) is 5.60 Å². The van der Waals surface area contributed by atoms with Crippen molar-refractivity contribution in [2.75, 3.05) is 7.11 Å². The van der Waals surface area contributed by atoms with Gasteiger partial charge in [0.2, 0.25) is 0 Å². The molecule has 1 saturated carbocycles. The lowest BCUT2D eigenvalue weighted by Crippen LogP contribution is -2.55. The van der Waals surface area contributed by atoms with Gasteiger partial charge in [-0.3, -0.25) is 0 Å². The first-order chi connectivity index (χ1) is 7.44. The van der Waals surface area contributed by atoms with Gasteiger partial charge in [-0.05, 0) is 12.0 Å². The number of azide groups is 1. The first kappa shape index (κ1) is 12.7. The standard InChI is InChI=1S/C8H13N3O5/c1-16-7(14)8(15)2-4(10-11-9)6(13)5(12)3-8/h4-6,12-13,15H,2-3H2,1H3/t4-,5+,6-,8-/m0/s1. The lowest BCUT2D eigenvalue weighted by atomic mass is 9.78. The first-order valence-electron chi connectivity index (χ1n) is 4.65. The number of carbonyl (C=O) groups is 1. The molecule has 0 aromatic heterocycles. The summed E-state index contributed by atoms with van der Waals surface area (Å²) in [5.41, 5.74) is 6.33. The molecule has 0 aliphatic heterocycles. The monoisotopic (exact) mass is 231 g/mol. The summed E-state index contributed by atoms with van der Waals surface area (Å²) < 4.78 is 4.39. The summed E-state index contributed by atoms with van der Waals surface area (Å²) >= 11 is 0. The molecule has 90 valence electrons. The van der Waals surface area contributed by atoms with E-state index < -0.39 is 29.8 Å². The molecule has 3 N–H and O–H groups in total. The van der Waals surface area contributed by atoms with Crippen molar-refractivity contribution in [2.45, 2.75) is 36.7 Å². The molecule has 0 unspecified atom stereocenters. The number of ether oxygens (including phenoxy) is 1. The minimum Gasteiger partial charge on any atom is -0.467 e. The topological polar surface area (TPSA) is 136 Å². The van der Waals surface area contributed by atoms with E-state index in [1.165, 1.54) is 0 Å². The molecule has 1 fully saturated rings. The minimum atomic E-state index is -1.92. The molecule has 0 aromatic carbocycles. The maximum absolute atomic E-state index is 11.3. The van der Waals surface area contributed by atoms with Gasteiger partial charge in [0, 0.05) is 11.3 Å². The van der Waals surface area contributed by atoms with Gasteiger partial charge in [-0.25, -0.2) is 4.79 Å². The van der Waals surface area contributed by atoms with Crippen molar-refractivity contribution >= 4 is 5.97 Å². The second kappa shape index (κ2) is 4.67. The second-order valence-corrected chi connectivity index (χ2v) is 3.76. The Kier molecular flexibility index (Phi) is 3.71. The maximum atomic E-state index is 11.3. The van der Waals surface area contributed by atoms with E-state index in [4.69, 9.17) is 5.53 Å². The van der Waals surface area contributed by atoms with Gasteiger partial charge in [-0.1, -0.05) is 5.11 Å². The molecule has 1 aliphatic rings. The van der Waals surface area contributed by atoms with Crippen molar-refractivity contribution < 1.29 is 24.9 Å². The Morgan fingerprint density at radius 1 is 1.56 bits per heavy atom. The van der Waals surface area contributed by atoms with Crippen molar-refractivity contribution in [3.63, 3.8) is 0 Å². The fourth-order valence-corrected chi connectivity index (χ4v) is 1.81. The minimum absolute atomic E-state index is 0.276. The molecule has 0 spiro atoms.